The summed E-state index contributed by atoms with van der Waals surface area (Å²) in [6, 6.07) is 11.9. The zero-order valence-electron chi connectivity index (χ0n) is 10.3. The van der Waals surface area contributed by atoms with E-state index in [9.17, 15) is 10.2 Å². The van der Waals surface area contributed by atoms with E-state index >= 15 is 0 Å². The lowest BCUT2D eigenvalue weighted by Gasteiger charge is -2.19. The van der Waals surface area contributed by atoms with Crippen molar-refractivity contribution in [2.45, 2.75) is 6.42 Å². The number of aliphatic hydroxyl groups is 2. The summed E-state index contributed by atoms with van der Waals surface area (Å²) >= 11 is 6.02. The summed E-state index contributed by atoms with van der Waals surface area (Å²) in [5.41, 5.74) is 5.65. The molecule has 0 radical (unpaired) electrons. The van der Waals surface area contributed by atoms with Crippen LogP contribution in [-0.2, 0) is 6.42 Å². The number of fused-ring (bicyclic) bond motifs is 3. The summed E-state index contributed by atoms with van der Waals surface area (Å²) < 4.78 is 0. The Bertz CT molecular complexity index is 624. The molecule has 0 unspecified atom stereocenters. The van der Waals surface area contributed by atoms with Crippen molar-refractivity contribution in [3.05, 3.63) is 52.5 Å². The molecule has 0 heterocycles. The van der Waals surface area contributed by atoms with Gasteiger partial charge in [0.1, 0.15) is 13.5 Å². The fourth-order valence-corrected chi connectivity index (χ4v) is 2.77. The van der Waals surface area contributed by atoms with Crippen molar-refractivity contribution in [2.24, 2.45) is 0 Å². The van der Waals surface area contributed by atoms with E-state index in [4.69, 9.17) is 11.6 Å². The van der Waals surface area contributed by atoms with E-state index in [0.29, 0.717) is 0 Å². The SMILES string of the molecule is OCN(CO)c1ccc2c(c1)Cc1cc(Cl)ccc1-2. The van der Waals surface area contributed by atoms with Gasteiger partial charge in [-0.1, -0.05) is 23.7 Å². The quantitative estimate of drug-likeness (QED) is 0.722. The normalized spacial score (nSPS) is 12.2. The Labute approximate surface area is 116 Å². The van der Waals surface area contributed by atoms with E-state index in [1.807, 2.05) is 36.4 Å². The molecule has 3 rings (SSSR count). The van der Waals surface area contributed by atoms with E-state index in [0.717, 1.165) is 17.1 Å². The summed E-state index contributed by atoms with van der Waals surface area (Å²) in [4.78, 5) is 1.50. The summed E-state index contributed by atoms with van der Waals surface area (Å²) in [6.45, 7) is -0.401. The van der Waals surface area contributed by atoms with Gasteiger partial charge in [0.2, 0.25) is 0 Å². The molecule has 0 spiro atoms. The van der Waals surface area contributed by atoms with Crippen molar-refractivity contribution in [3.8, 4) is 11.1 Å². The second kappa shape index (κ2) is 4.85. The van der Waals surface area contributed by atoms with Crippen LogP contribution >= 0.6 is 11.6 Å². The average molecular weight is 276 g/mol. The highest BCUT2D eigenvalue weighted by atomic mass is 35.5. The maximum atomic E-state index is 9.19. The van der Waals surface area contributed by atoms with Gasteiger partial charge in [0.15, 0.2) is 0 Å². The second-order valence-corrected chi connectivity index (χ2v) is 5.08. The van der Waals surface area contributed by atoms with Crippen LogP contribution in [0.25, 0.3) is 11.1 Å². The molecule has 0 aromatic heterocycles. The number of rotatable bonds is 3. The van der Waals surface area contributed by atoms with Crippen molar-refractivity contribution in [2.75, 3.05) is 18.4 Å². The van der Waals surface area contributed by atoms with E-state index in [1.54, 1.807) is 0 Å². The van der Waals surface area contributed by atoms with Crippen molar-refractivity contribution >= 4 is 17.3 Å². The van der Waals surface area contributed by atoms with Crippen molar-refractivity contribution in [3.63, 3.8) is 0 Å². The fraction of sp³-hybridized carbons (Fsp3) is 0.200. The lowest BCUT2D eigenvalue weighted by atomic mass is 10.1. The van der Waals surface area contributed by atoms with Crippen LogP contribution in [0.1, 0.15) is 11.1 Å². The van der Waals surface area contributed by atoms with Crippen LogP contribution in [-0.4, -0.2) is 23.7 Å². The first-order valence-corrected chi connectivity index (χ1v) is 6.49. The number of halogens is 1. The van der Waals surface area contributed by atoms with Crippen molar-refractivity contribution in [1.29, 1.82) is 0 Å². The molecule has 0 saturated heterocycles. The Morgan fingerprint density at radius 1 is 0.947 bits per heavy atom. The van der Waals surface area contributed by atoms with Gasteiger partial charge in [-0.2, -0.15) is 0 Å². The molecular weight excluding hydrogens is 262 g/mol. The molecule has 19 heavy (non-hydrogen) atoms. The predicted octanol–water partition coefficient (Wildman–Crippen LogP) is 2.62. The van der Waals surface area contributed by atoms with Crippen LogP contribution in [0.5, 0.6) is 0 Å². The molecule has 0 atom stereocenters. The molecule has 2 aromatic carbocycles. The number of aliphatic hydroxyl groups excluding tert-OH is 2. The number of hydrogen-bond acceptors (Lipinski definition) is 3. The van der Waals surface area contributed by atoms with Crippen molar-refractivity contribution < 1.29 is 10.2 Å². The highest BCUT2D eigenvalue weighted by molar-refractivity contribution is 6.30. The second-order valence-electron chi connectivity index (χ2n) is 4.64. The maximum Gasteiger partial charge on any atom is 0.117 e. The monoisotopic (exact) mass is 275 g/mol. The molecule has 2 aromatic rings. The Hall–Kier alpha value is -1.55. The minimum Gasteiger partial charge on any atom is -0.376 e. The van der Waals surface area contributed by atoms with Crippen LogP contribution in [0.3, 0.4) is 0 Å². The molecule has 0 aliphatic heterocycles. The van der Waals surface area contributed by atoms with Crippen LogP contribution in [0.15, 0.2) is 36.4 Å². The summed E-state index contributed by atoms with van der Waals surface area (Å²) in [5, 5.41) is 19.1. The molecule has 0 bridgehead atoms. The fourth-order valence-electron chi connectivity index (χ4n) is 2.57. The molecule has 1 aliphatic carbocycles. The van der Waals surface area contributed by atoms with Crippen LogP contribution in [0, 0.1) is 0 Å². The Kier molecular flexibility index (Phi) is 3.19. The topological polar surface area (TPSA) is 43.7 Å². The molecule has 0 saturated carbocycles. The molecule has 2 N–H and O–H groups in total. The minimum absolute atomic E-state index is 0.200. The zero-order valence-corrected chi connectivity index (χ0v) is 11.1. The lowest BCUT2D eigenvalue weighted by molar-refractivity contribution is 0.223. The van der Waals surface area contributed by atoms with Gasteiger partial charge in [0, 0.05) is 10.7 Å². The molecule has 0 fully saturated rings. The minimum atomic E-state index is -0.200. The van der Waals surface area contributed by atoms with Gasteiger partial charge >= 0.3 is 0 Å². The Morgan fingerprint density at radius 3 is 2.26 bits per heavy atom. The van der Waals surface area contributed by atoms with Gasteiger partial charge in [-0.05, 0) is 52.9 Å². The van der Waals surface area contributed by atoms with E-state index in [2.05, 4.69) is 0 Å². The largest absolute Gasteiger partial charge is 0.376 e. The van der Waals surface area contributed by atoms with Gasteiger partial charge in [0.25, 0.3) is 0 Å². The zero-order chi connectivity index (χ0) is 13.4. The molecular formula is C15H14ClNO2. The van der Waals surface area contributed by atoms with E-state index in [-0.39, 0.29) is 13.5 Å². The maximum absolute atomic E-state index is 9.19. The number of hydrogen-bond donors (Lipinski definition) is 2. The molecule has 0 amide bonds. The lowest BCUT2D eigenvalue weighted by Crippen LogP contribution is -2.24. The van der Waals surface area contributed by atoms with Gasteiger partial charge in [-0.25, -0.2) is 0 Å². The molecule has 1 aliphatic rings. The molecule has 3 nitrogen and oxygen atoms in total. The smallest absolute Gasteiger partial charge is 0.117 e. The number of nitrogens with zero attached hydrogens (tertiary/aromatic N) is 1. The standard InChI is InChI=1S/C15H14ClNO2/c16-12-1-3-14-10(6-12)5-11-7-13(2-4-15(11)14)17(8-18)9-19/h1-4,6-7,18-19H,5,8-9H2. The van der Waals surface area contributed by atoms with Gasteiger partial charge in [0.05, 0.1) is 0 Å². The van der Waals surface area contributed by atoms with Gasteiger partial charge in [-0.15, -0.1) is 0 Å². The number of benzene rings is 2. The first kappa shape index (κ1) is 12.5. The average Bonchev–Trinajstić information content (AvgIpc) is 2.76. The molecule has 4 heteroatoms. The first-order chi connectivity index (χ1) is 9.22. The highest BCUT2D eigenvalue weighted by Gasteiger charge is 2.19. The number of anilines is 1. The van der Waals surface area contributed by atoms with Gasteiger partial charge in [-0.3, -0.25) is 0 Å². The van der Waals surface area contributed by atoms with Gasteiger partial charge < -0.3 is 15.1 Å². The molecule has 98 valence electrons. The van der Waals surface area contributed by atoms with Crippen molar-refractivity contribution in [1.82, 2.24) is 0 Å². The third-order valence-corrected chi connectivity index (χ3v) is 3.77. The van der Waals surface area contributed by atoms with Crippen LogP contribution in [0.2, 0.25) is 5.02 Å². The third kappa shape index (κ3) is 2.10. The first-order valence-electron chi connectivity index (χ1n) is 6.11. The summed E-state index contributed by atoms with van der Waals surface area (Å²) in [7, 11) is 0. The van der Waals surface area contributed by atoms with Crippen LogP contribution < -0.4 is 4.90 Å². The summed E-state index contributed by atoms with van der Waals surface area (Å²) in [6.07, 6.45) is 0.837. The Morgan fingerprint density at radius 2 is 1.58 bits per heavy atom. The van der Waals surface area contributed by atoms with Crippen LogP contribution in [0.4, 0.5) is 5.69 Å². The highest BCUT2D eigenvalue weighted by Crippen LogP contribution is 2.39. The Balaban J connectivity index is 2.03. The third-order valence-electron chi connectivity index (χ3n) is 3.53. The summed E-state index contributed by atoms with van der Waals surface area (Å²) in [5.74, 6) is 0. The van der Waals surface area contributed by atoms with E-state index in [1.165, 1.54) is 27.2 Å². The van der Waals surface area contributed by atoms with E-state index < -0.39 is 0 Å². The predicted molar refractivity (Wildman–Crippen MR) is 76.3 cm³/mol.